The third kappa shape index (κ3) is 7.79. The van der Waals surface area contributed by atoms with Gasteiger partial charge in [-0.2, -0.15) is 0 Å². The fourth-order valence-electron chi connectivity index (χ4n) is 3.88. The quantitative estimate of drug-likeness (QED) is 0.242. The molecule has 0 bridgehead atoms. The van der Waals surface area contributed by atoms with Crippen LogP contribution in [0.4, 0.5) is 11.5 Å². The smallest absolute Gasteiger partial charge is 0.263 e. The molecular weight excluding hydrogens is 542 g/mol. The number of sulfonamides is 1. The lowest BCUT2D eigenvalue weighted by atomic mass is 9.87. The third-order valence-corrected chi connectivity index (χ3v) is 7.40. The molecule has 0 fully saturated rings. The molecule has 0 saturated heterocycles. The Kier molecular flexibility index (Phi) is 8.87. The van der Waals surface area contributed by atoms with Crippen molar-refractivity contribution < 1.29 is 22.7 Å². The summed E-state index contributed by atoms with van der Waals surface area (Å²) in [6.45, 7) is 9.82. The molecule has 2 aromatic heterocycles. The van der Waals surface area contributed by atoms with Crippen LogP contribution >= 0.6 is 0 Å². The lowest BCUT2D eigenvalue weighted by Gasteiger charge is -2.19. The molecule has 4 aromatic rings. The predicted octanol–water partition coefficient (Wildman–Crippen LogP) is 5.36. The van der Waals surface area contributed by atoms with Crippen LogP contribution in [0.5, 0.6) is 11.8 Å². The number of hydrogen-bond acceptors (Lipinski definition) is 8. The Morgan fingerprint density at radius 1 is 0.878 bits per heavy atom. The van der Waals surface area contributed by atoms with Crippen molar-refractivity contribution in [2.75, 3.05) is 23.3 Å². The number of amides is 1. The molecule has 2 N–H and O–H groups in total. The molecule has 1 amide bonds. The normalized spacial score (nSPS) is 11.5. The summed E-state index contributed by atoms with van der Waals surface area (Å²) < 4.78 is 40.9. The van der Waals surface area contributed by atoms with Crippen LogP contribution in [0.3, 0.4) is 0 Å². The van der Waals surface area contributed by atoms with Gasteiger partial charge < -0.3 is 14.8 Å². The summed E-state index contributed by atoms with van der Waals surface area (Å²) in [6.07, 6.45) is 2.74. The Balaban J connectivity index is 1.54. The van der Waals surface area contributed by atoms with Crippen molar-refractivity contribution in [3.8, 4) is 22.9 Å². The highest BCUT2D eigenvalue weighted by Crippen LogP contribution is 2.35. The van der Waals surface area contributed by atoms with Gasteiger partial charge in [0.25, 0.3) is 10.0 Å². The number of aromatic nitrogens is 3. The molecule has 0 atom stereocenters. The van der Waals surface area contributed by atoms with Gasteiger partial charge >= 0.3 is 0 Å². The van der Waals surface area contributed by atoms with Crippen LogP contribution in [-0.4, -0.2) is 42.5 Å². The van der Waals surface area contributed by atoms with Crippen LogP contribution in [0, 0.1) is 6.92 Å². The van der Waals surface area contributed by atoms with E-state index in [1.807, 2.05) is 43.3 Å². The van der Waals surface area contributed by atoms with Crippen molar-refractivity contribution in [1.82, 2.24) is 15.0 Å². The summed E-state index contributed by atoms with van der Waals surface area (Å²) in [5.74, 6) is 0.454. The second kappa shape index (κ2) is 12.3. The topological polar surface area (TPSA) is 132 Å². The predicted molar refractivity (Wildman–Crippen MR) is 158 cm³/mol. The molecule has 10 nitrogen and oxygen atoms in total. The van der Waals surface area contributed by atoms with E-state index in [1.54, 1.807) is 24.3 Å². The molecule has 0 saturated carbocycles. The molecule has 41 heavy (non-hydrogen) atoms. The standard InChI is InChI=1S/C30H33N5O5S/c1-20-6-8-22(9-7-20)27-28(35-41(37,38)25-13-10-23(11-14-25)30(3,4)5)32-19-33-29(27)40-17-16-39-26-15-12-24(18-31-26)34-21(2)36/h6-15,18-19H,16-17H2,1-5H3,(H,34,36)(H,32,33,35). The minimum atomic E-state index is -3.96. The van der Waals surface area contributed by atoms with Crippen molar-refractivity contribution in [2.45, 2.75) is 44.9 Å². The first-order chi connectivity index (χ1) is 19.4. The second-order valence-corrected chi connectivity index (χ2v) is 12.1. The van der Waals surface area contributed by atoms with Gasteiger partial charge in [0.1, 0.15) is 19.5 Å². The average molecular weight is 576 g/mol. The lowest BCUT2D eigenvalue weighted by Crippen LogP contribution is -2.17. The van der Waals surface area contributed by atoms with E-state index < -0.39 is 10.0 Å². The molecule has 214 valence electrons. The van der Waals surface area contributed by atoms with Crippen molar-refractivity contribution in [1.29, 1.82) is 0 Å². The highest BCUT2D eigenvalue weighted by Gasteiger charge is 2.22. The van der Waals surface area contributed by atoms with Gasteiger partial charge in [-0.1, -0.05) is 62.7 Å². The maximum absolute atomic E-state index is 13.3. The molecular formula is C30H33N5O5S. The van der Waals surface area contributed by atoms with E-state index in [-0.39, 0.29) is 41.1 Å². The minimum Gasteiger partial charge on any atom is -0.474 e. The Bertz CT molecular complexity index is 1600. The SMILES string of the molecule is CC(=O)Nc1ccc(OCCOc2ncnc(NS(=O)(=O)c3ccc(C(C)(C)C)cc3)c2-c2ccc(C)cc2)nc1. The van der Waals surface area contributed by atoms with Gasteiger partial charge in [0.15, 0.2) is 5.82 Å². The Morgan fingerprint density at radius 2 is 1.56 bits per heavy atom. The summed E-state index contributed by atoms with van der Waals surface area (Å²) in [5, 5.41) is 2.64. The molecule has 0 aliphatic heterocycles. The van der Waals surface area contributed by atoms with E-state index in [1.165, 1.54) is 19.4 Å². The Labute approximate surface area is 240 Å². The minimum absolute atomic E-state index is 0.0925. The lowest BCUT2D eigenvalue weighted by molar-refractivity contribution is -0.114. The maximum Gasteiger partial charge on any atom is 0.263 e. The van der Waals surface area contributed by atoms with Gasteiger partial charge in [-0.3, -0.25) is 9.52 Å². The fourth-order valence-corrected chi connectivity index (χ4v) is 4.91. The summed E-state index contributed by atoms with van der Waals surface area (Å²) in [5.41, 5.74) is 3.60. The Hall–Kier alpha value is -4.51. The number of hydrogen-bond donors (Lipinski definition) is 2. The maximum atomic E-state index is 13.3. The van der Waals surface area contributed by atoms with Gasteiger partial charge in [0.2, 0.25) is 17.7 Å². The number of rotatable bonds is 10. The number of ether oxygens (including phenoxy) is 2. The van der Waals surface area contributed by atoms with Gasteiger partial charge in [-0.25, -0.2) is 23.4 Å². The van der Waals surface area contributed by atoms with E-state index in [4.69, 9.17) is 9.47 Å². The average Bonchev–Trinajstić information content (AvgIpc) is 2.92. The van der Waals surface area contributed by atoms with Gasteiger partial charge in [0.05, 0.1) is 22.3 Å². The monoisotopic (exact) mass is 575 g/mol. The van der Waals surface area contributed by atoms with Gasteiger partial charge in [-0.15, -0.1) is 0 Å². The van der Waals surface area contributed by atoms with E-state index in [2.05, 4.69) is 45.8 Å². The molecule has 0 spiro atoms. The number of anilines is 2. The van der Waals surface area contributed by atoms with Crippen LogP contribution < -0.4 is 19.5 Å². The van der Waals surface area contributed by atoms with Crippen LogP contribution in [0.15, 0.2) is 78.1 Å². The third-order valence-electron chi connectivity index (χ3n) is 6.04. The molecule has 2 aromatic carbocycles. The summed E-state index contributed by atoms with van der Waals surface area (Å²) in [6, 6.07) is 17.6. The molecule has 4 rings (SSSR count). The first-order valence-electron chi connectivity index (χ1n) is 13.0. The first-order valence-corrected chi connectivity index (χ1v) is 14.5. The number of benzene rings is 2. The van der Waals surface area contributed by atoms with Gasteiger partial charge in [0, 0.05) is 13.0 Å². The van der Waals surface area contributed by atoms with Crippen molar-refractivity contribution in [3.05, 3.63) is 84.3 Å². The van der Waals surface area contributed by atoms with E-state index in [0.717, 1.165) is 11.1 Å². The number of aryl methyl sites for hydroxylation is 1. The van der Waals surface area contributed by atoms with Crippen LogP contribution in [-0.2, 0) is 20.2 Å². The molecule has 0 aliphatic rings. The number of nitrogens with one attached hydrogen (secondary N) is 2. The molecule has 11 heteroatoms. The molecule has 0 unspecified atom stereocenters. The number of pyridine rings is 1. The van der Waals surface area contributed by atoms with Crippen LogP contribution in [0.2, 0.25) is 0 Å². The number of nitrogens with zero attached hydrogens (tertiary/aromatic N) is 3. The Morgan fingerprint density at radius 3 is 2.17 bits per heavy atom. The van der Waals surface area contributed by atoms with E-state index in [9.17, 15) is 13.2 Å². The number of carbonyl (C=O) groups is 1. The van der Waals surface area contributed by atoms with Crippen LogP contribution in [0.25, 0.3) is 11.1 Å². The molecule has 2 heterocycles. The van der Waals surface area contributed by atoms with Crippen molar-refractivity contribution >= 4 is 27.4 Å². The number of carbonyl (C=O) groups excluding carboxylic acids is 1. The molecule has 0 radical (unpaired) electrons. The largest absolute Gasteiger partial charge is 0.474 e. The van der Waals surface area contributed by atoms with Gasteiger partial charge in [-0.05, 0) is 41.7 Å². The van der Waals surface area contributed by atoms with Crippen molar-refractivity contribution in [2.24, 2.45) is 0 Å². The summed E-state index contributed by atoms with van der Waals surface area (Å²) in [7, 11) is -3.96. The summed E-state index contributed by atoms with van der Waals surface area (Å²) >= 11 is 0. The zero-order chi connectivity index (χ0) is 29.6. The first kappa shape index (κ1) is 29.5. The summed E-state index contributed by atoms with van der Waals surface area (Å²) in [4.78, 5) is 24.0. The zero-order valence-electron chi connectivity index (χ0n) is 23.6. The highest BCUT2D eigenvalue weighted by atomic mass is 32.2. The highest BCUT2D eigenvalue weighted by molar-refractivity contribution is 7.92. The van der Waals surface area contributed by atoms with E-state index in [0.29, 0.717) is 22.7 Å². The second-order valence-electron chi connectivity index (χ2n) is 10.4. The van der Waals surface area contributed by atoms with Crippen molar-refractivity contribution in [3.63, 3.8) is 0 Å². The fraction of sp³-hybridized carbons (Fsp3) is 0.267. The molecule has 0 aliphatic carbocycles. The van der Waals surface area contributed by atoms with E-state index >= 15 is 0 Å². The zero-order valence-corrected chi connectivity index (χ0v) is 24.5. The van der Waals surface area contributed by atoms with Crippen LogP contribution in [0.1, 0.15) is 38.8 Å².